The summed E-state index contributed by atoms with van der Waals surface area (Å²) in [5, 5.41) is 4.60. The standard InChI is InChI=1S/C21H22N4O/c1-16-20(17(2)25(23-16)19-10-5-4-6-11-19)12-13-21(26)24(3)15-18-9-7-8-14-22-18/h4-14H,15H2,1-3H3. The maximum absolute atomic E-state index is 12.4. The number of para-hydroxylation sites is 1. The molecular weight excluding hydrogens is 324 g/mol. The molecule has 132 valence electrons. The van der Waals surface area contributed by atoms with Crippen molar-refractivity contribution in [3.05, 3.63) is 83.4 Å². The van der Waals surface area contributed by atoms with Crippen LogP contribution in [-0.2, 0) is 11.3 Å². The van der Waals surface area contributed by atoms with Gasteiger partial charge in [0.15, 0.2) is 0 Å². The molecule has 0 unspecified atom stereocenters. The molecule has 0 saturated heterocycles. The average molecular weight is 346 g/mol. The van der Waals surface area contributed by atoms with Crippen molar-refractivity contribution >= 4 is 12.0 Å². The number of pyridine rings is 1. The van der Waals surface area contributed by atoms with Crippen LogP contribution in [-0.4, -0.2) is 32.6 Å². The fourth-order valence-corrected chi connectivity index (χ4v) is 2.81. The first-order chi connectivity index (χ1) is 12.6. The Morgan fingerprint density at radius 1 is 1.12 bits per heavy atom. The van der Waals surface area contributed by atoms with Crippen molar-refractivity contribution in [2.75, 3.05) is 7.05 Å². The van der Waals surface area contributed by atoms with E-state index in [0.29, 0.717) is 6.54 Å². The minimum absolute atomic E-state index is 0.0677. The Morgan fingerprint density at radius 2 is 1.85 bits per heavy atom. The van der Waals surface area contributed by atoms with E-state index in [9.17, 15) is 4.79 Å². The van der Waals surface area contributed by atoms with E-state index in [-0.39, 0.29) is 5.91 Å². The lowest BCUT2D eigenvalue weighted by atomic mass is 10.1. The zero-order chi connectivity index (χ0) is 18.5. The fraction of sp³-hybridized carbons (Fsp3) is 0.190. The normalized spacial score (nSPS) is 11.0. The highest BCUT2D eigenvalue weighted by Gasteiger charge is 2.12. The van der Waals surface area contributed by atoms with E-state index in [4.69, 9.17) is 0 Å². The van der Waals surface area contributed by atoms with E-state index < -0.39 is 0 Å². The van der Waals surface area contributed by atoms with Crippen molar-refractivity contribution < 1.29 is 4.79 Å². The van der Waals surface area contributed by atoms with Gasteiger partial charge in [-0.2, -0.15) is 5.10 Å². The summed E-state index contributed by atoms with van der Waals surface area (Å²) in [6.45, 7) is 4.44. The van der Waals surface area contributed by atoms with Gasteiger partial charge in [0.25, 0.3) is 0 Å². The maximum atomic E-state index is 12.4. The molecule has 0 spiro atoms. The summed E-state index contributed by atoms with van der Waals surface area (Å²) in [6, 6.07) is 15.7. The number of carbonyl (C=O) groups is 1. The first-order valence-electron chi connectivity index (χ1n) is 8.51. The average Bonchev–Trinajstić information content (AvgIpc) is 2.95. The summed E-state index contributed by atoms with van der Waals surface area (Å²) < 4.78 is 1.90. The fourth-order valence-electron chi connectivity index (χ4n) is 2.81. The van der Waals surface area contributed by atoms with Crippen LogP contribution < -0.4 is 0 Å². The minimum atomic E-state index is -0.0677. The highest BCUT2D eigenvalue weighted by molar-refractivity contribution is 5.91. The van der Waals surface area contributed by atoms with E-state index in [1.54, 1.807) is 24.2 Å². The third kappa shape index (κ3) is 3.88. The molecule has 0 radical (unpaired) electrons. The van der Waals surface area contributed by atoms with Crippen LogP contribution in [0.15, 0.2) is 60.8 Å². The molecule has 0 N–H and O–H groups in total. The number of amides is 1. The van der Waals surface area contributed by atoms with E-state index >= 15 is 0 Å². The summed E-state index contributed by atoms with van der Waals surface area (Å²) >= 11 is 0. The molecule has 0 saturated carbocycles. The first-order valence-corrected chi connectivity index (χ1v) is 8.51. The smallest absolute Gasteiger partial charge is 0.246 e. The molecule has 5 nitrogen and oxygen atoms in total. The molecule has 1 amide bonds. The molecule has 3 rings (SSSR count). The Balaban J connectivity index is 1.76. The Morgan fingerprint density at radius 3 is 2.54 bits per heavy atom. The van der Waals surface area contributed by atoms with E-state index in [2.05, 4.69) is 10.1 Å². The Bertz CT molecular complexity index is 914. The van der Waals surface area contributed by atoms with Crippen molar-refractivity contribution in [2.24, 2.45) is 0 Å². The maximum Gasteiger partial charge on any atom is 0.246 e. The van der Waals surface area contributed by atoms with Gasteiger partial charge in [0, 0.05) is 30.6 Å². The van der Waals surface area contributed by atoms with Crippen LogP contribution >= 0.6 is 0 Å². The molecule has 2 aromatic heterocycles. The predicted molar refractivity (Wildman–Crippen MR) is 103 cm³/mol. The van der Waals surface area contributed by atoms with Gasteiger partial charge in [-0.1, -0.05) is 24.3 Å². The van der Waals surface area contributed by atoms with Crippen LogP contribution in [0, 0.1) is 13.8 Å². The van der Waals surface area contributed by atoms with Gasteiger partial charge in [0.2, 0.25) is 5.91 Å². The third-order valence-corrected chi connectivity index (χ3v) is 4.24. The predicted octanol–water partition coefficient (Wildman–Crippen LogP) is 3.56. The van der Waals surface area contributed by atoms with Crippen molar-refractivity contribution in [2.45, 2.75) is 20.4 Å². The van der Waals surface area contributed by atoms with E-state index in [1.807, 2.05) is 73.1 Å². The number of carbonyl (C=O) groups excluding carboxylic acids is 1. The van der Waals surface area contributed by atoms with Crippen LogP contribution in [0.1, 0.15) is 22.6 Å². The SMILES string of the molecule is Cc1nn(-c2ccccc2)c(C)c1C=CC(=O)N(C)Cc1ccccn1. The molecular formula is C21H22N4O. The number of rotatable bonds is 5. The van der Waals surface area contributed by atoms with Crippen LogP contribution in [0.25, 0.3) is 11.8 Å². The third-order valence-electron chi connectivity index (χ3n) is 4.24. The summed E-state index contributed by atoms with van der Waals surface area (Å²) in [7, 11) is 1.77. The zero-order valence-corrected chi connectivity index (χ0v) is 15.3. The molecule has 2 heterocycles. The van der Waals surface area contributed by atoms with Crippen molar-refractivity contribution in [3.63, 3.8) is 0 Å². The van der Waals surface area contributed by atoms with Crippen molar-refractivity contribution in [1.29, 1.82) is 0 Å². The molecule has 0 aliphatic rings. The van der Waals surface area contributed by atoms with Gasteiger partial charge < -0.3 is 4.90 Å². The highest BCUT2D eigenvalue weighted by Crippen LogP contribution is 2.19. The summed E-state index contributed by atoms with van der Waals surface area (Å²) in [6.07, 6.45) is 5.16. The van der Waals surface area contributed by atoms with Gasteiger partial charge in [-0.3, -0.25) is 9.78 Å². The first kappa shape index (κ1) is 17.6. The van der Waals surface area contributed by atoms with Crippen LogP contribution in [0.2, 0.25) is 0 Å². The second-order valence-electron chi connectivity index (χ2n) is 6.18. The lowest BCUT2D eigenvalue weighted by Gasteiger charge is -2.14. The molecule has 0 aliphatic carbocycles. The quantitative estimate of drug-likeness (QED) is 0.664. The Labute approximate surface area is 153 Å². The number of hydrogen-bond acceptors (Lipinski definition) is 3. The lowest BCUT2D eigenvalue weighted by Crippen LogP contribution is -2.24. The number of likely N-dealkylation sites (N-methyl/N-ethyl adjacent to an activating group) is 1. The van der Waals surface area contributed by atoms with Gasteiger partial charge in [-0.15, -0.1) is 0 Å². The summed E-state index contributed by atoms with van der Waals surface area (Å²) in [5.74, 6) is -0.0677. The molecule has 0 atom stereocenters. The Hall–Kier alpha value is -3.21. The number of nitrogens with zero attached hydrogens (tertiary/aromatic N) is 4. The van der Waals surface area contributed by atoms with Crippen molar-refractivity contribution in [3.8, 4) is 5.69 Å². The number of hydrogen-bond donors (Lipinski definition) is 0. The van der Waals surface area contributed by atoms with Crippen LogP contribution in [0.4, 0.5) is 0 Å². The second-order valence-corrected chi connectivity index (χ2v) is 6.18. The molecule has 0 aliphatic heterocycles. The topological polar surface area (TPSA) is 51.0 Å². The van der Waals surface area contributed by atoms with E-state index in [0.717, 1.165) is 28.3 Å². The van der Waals surface area contributed by atoms with E-state index in [1.165, 1.54) is 0 Å². The molecule has 3 aromatic rings. The van der Waals surface area contributed by atoms with Crippen LogP contribution in [0.5, 0.6) is 0 Å². The van der Waals surface area contributed by atoms with Crippen molar-refractivity contribution in [1.82, 2.24) is 19.7 Å². The zero-order valence-electron chi connectivity index (χ0n) is 15.3. The molecule has 5 heteroatoms. The monoisotopic (exact) mass is 346 g/mol. The number of benzene rings is 1. The summed E-state index contributed by atoms with van der Waals surface area (Å²) in [5.41, 5.74) is 4.73. The largest absolute Gasteiger partial charge is 0.336 e. The molecule has 26 heavy (non-hydrogen) atoms. The van der Waals surface area contributed by atoms with Gasteiger partial charge in [-0.25, -0.2) is 4.68 Å². The second kappa shape index (κ2) is 7.78. The summed E-state index contributed by atoms with van der Waals surface area (Å²) in [4.78, 5) is 18.3. The van der Waals surface area contributed by atoms with Gasteiger partial charge in [0.1, 0.15) is 0 Å². The molecule has 0 fully saturated rings. The Kier molecular flexibility index (Phi) is 5.27. The molecule has 1 aromatic carbocycles. The van der Waals surface area contributed by atoms with Gasteiger partial charge in [-0.05, 0) is 44.2 Å². The minimum Gasteiger partial charge on any atom is -0.336 e. The van der Waals surface area contributed by atoms with Crippen LogP contribution in [0.3, 0.4) is 0 Å². The lowest BCUT2D eigenvalue weighted by molar-refractivity contribution is -0.125. The number of aromatic nitrogens is 3. The number of aryl methyl sites for hydroxylation is 1. The highest BCUT2D eigenvalue weighted by atomic mass is 16.2. The van der Waals surface area contributed by atoms with Gasteiger partial charge in [0.05, 0.1) is 23.6 Å². The van der Waals surface area contributed by atoms with Gasteiger partial charge >= 0.3 is 0 Å². The molecule has 0 bridgehead atoms.